The molecular formula is C12H10ClN3O2. The zero-order valence-corrected chi connectivity index (χ0v) is 10.4. The van der Waals surface area contributed by atoms with Crippen molar-refractivity contribution in [1.29, 1.82) is 5.26 Å². The van der Waals surface area contributed by atoms with Crippen LogP contribution in [0.2, 0.25) is 5.02 Å². The Kier molecular flexibility index (Phi) is 3.21. The molecule has 0 radical (unpaired) electrons. The van der Waals surface area contributed by atoms with Gasteiger partial charge in [-0.3, -0.25) is 9.69 Å². The predicted octanol–water partition coefficient (Wildman–Crippen LogP) is 1.61. The van der Waals surface area contributed by atoms with Gasteiger partial charge in [0.05, 0.1) is 18.2 Å². The van der Waals surface area contributed by atoms with Crippen LogP contribution in [0, 0.1) is 11.3 Å². The second kappa shape index (κ2) is 4.67. The van der Waals surface area contributed by atoms with Crippen LogP contribution >= 0.6 is 11.6 Å². The van der Waals surface area contributed by atoms with E-state index in [9.17, 15) is 9.59 Å². The van der Waals surface area contributed by atoms with Gasteiger partial charge in [0.2, 0.25) is 0 Å². The largest absolute Gasteiger partial charge is 0.327 e. The van der Waals surface area contributed by atoms with E-state index in [1.165, 1.54) is 11.0 Å². The highest BCUT2D eigenvalue weighted by atomic mass is 35.5. The lowest BCUT2D eigenvalue weighted by Crippen LogP contribution is -2.31. The first-order chi connectivity index (χ1) is 8.52. The van der Waals surface area contributed by atoms with E-state index in [0.717, 1.165) is 4.90 Å². The normalized spacial score (nSPS) is 15.2. The van der Waals surface area contributed by atoms with Crippen molar-refractivity contribution < 1.29 is 9.59 Å². The molecule has 5 nitrogen and oxygen atoms in total. The fourth-order valence-corrected chi connectivity index (χ4v) is 1.98. The van der Waals surface area contributed by atoms with E-state index in [1.54, 1.807) is 19.2 Å². The van der Waals surface area contributed by atoms with E-state index in [4.69, 9.17) is 16.9 Å². The van der Waals surface area contributed by atoms with Crippen molar-refractivity contribution in [2.45, 2.75) is 6.54 Å². The quantitative estimate of drug-likeness (QED) is 0.762. The molecule has 2 rings (SSSR count). The van der Waals surface area contributed by atoms with Gasteiger partial charge < -0.3 is 4.90 Å². The van der Waals surface area contributed by atoms with Crippen molar-refractivity contribution in [3.05, 3.63) is 34.3 Å². The Balaban J connectivity index is 2.23. The summed E-state index contributed by atoms with van der Waals surface area (Å²) < 4.78 is 0. The minimum Gasteiger partial charge on any atom is -0.318 e. The van der Waals surface area contributed by atoms with E-state index in [-0.39, 0.29) is 25.0 Å². The molecule has 1 aliphatic rings. The van der Waals surface area contributed by atoms with Crippen molar-refractivity contribution >= 4 is 23.5 Å². The first-order valence-corrected chi connectivity index (χ1v) is 5.64. The average Bonchev–Trinajstić information content (AvgIpc) is 2.58. The number of nitrogens with zero attached hydrogens (tertiary/aromatic N) is 3. The number of carbonyl (C=O) groups excluding carboxylic acids is 2. The maximum Gasteiger partial charge on any atom is 0.327 e. The second-order valence-electron chi connectivity index (χ2n) is 4.04. The number of nitriles is 1. The number of rotatable bonds is 2. The van der Waals surface area contributed by atoms with E-state index < -0.39 is 0 Å². The van der Waals surface area contributed by atoms with Gasteiger partial charge in [-0.2, -0.15) is 5.26 Å². The van der Waals surface area contributed by atoms with Crippen LogP contribution in [0.25, 0.3) is 0 Å². The SMILES string of the molecule is CN1CC(=O)N(Cc2ccc(C#N)cc2Cl)C1=O. The molecule has 0 bridgehead atoms. The summed E-state index contributed by atoms with van der Waals surface area (Å²) in [7, 11) is 1.57. The molecule has 1 aromatic rings. The topological polar surface area (TPSA) is 64.4 Å². The van der Waals surface area contributed by atoms with Gasteiger partial charge in [0.25, 0.3) is 5.91 Å². The summed E-state index contributed by atoms with van der Waals surface area (Å²) in [6.07, 6.45) is 0. The number of hydrogen-bond acceptors (Lipinski definition) is 3. The number of hydrogen-bond donors (Lipinski definition) is 0. The zero-order chi connectivity index (χ0) is 13.3. The van der Waals surface area contributed by atoms with Crippen LogP contribution in [0.3, 0.4) is 0 Å². The highest BCUT2D eigenvalue weighted by molar-refractivity contribution is 6.31. The molecule has 1 aliphatic heterocycles. The van der Waals surface area contributed by atoms with Crippen molar-refractivity contribution in [1.82, 2.24) is 9.80 Å². The van der Waals surface area contributed by atoms with E-state index in [0.29, 0.717) is 16.1 Å². The molecule has 1 fully saturated rings. The molecular weight excluding hydrogens is 254 g/mol. The Bertz CT molecular complexity index is 565. The summed E-state index contributed by atoms with van der Waals surface area (Å²) in [5, 5.41) is 9.10. The maximum atomic E-state index is 11.7. The molecule has 6 heteroatoms. The molecule has 3 amide bonds. The van der Waals surface area contributed by atoms with Crippen molar-refractivity contribution in [2.24, 2.45) is 0 Å². The van der Waals surface area contributed by atoms with Gasteiger partial charge in [-0.1, -0.05) is 17.7 Å². The summed E-state index contributed by atoms with van der Waals surface area (Å²) in [6.45, 7) is 0.222. The Morgan fingerprint density at radius 2 is 2.17 bits per heavy atom. The molecule has 0 spiro atoms. The molecule has 0 unspecified atom stereocenters. The van der Waals surface area contributed by atoms with Crippen LogP contribution < -0.4 is 0 Å². The number of urea groups is 1. The Morgan fingerprint density at radius 1 is 1.44 bits per heavy atom. The smallest absolute Gasteiger partial charge is 0.318 e. The van der Waals surface area contributed by atoms with Crippen LogP contribution in [0.15, 0.2) is 18.2 Å². The zero-order valence-electron chi connectivity index (χ0n) is 9.68. The van der Waals surface area contributed by atoms with Gasteiger partial charge in [0.1, 0.15) is 6.54 Å². The fraction of sp³-hybridized carbons (Fsp3) is 0.250. The van der Waals surface area contributed by atoms with Crippen molar-refractivity contribution in [3.63, 3.8) is 0 Å². The number of amides is 3. The molecule has 0 N–H and O–H groups in total. The van der Waals surface area contributed by atoms with E-state index in [1.807, 2.05) is 6.07 Å². The summed E-state index contributed by atoms with van der Waals surface area (Å²) in [4.78, 5) is 25.8. The highest BCUT2D eigenvalue weighted by Gasteiger charge is 2.33. The van der Waals surface area contributed by atoms with Gasteiger partial charge in [0, 0.05) is 12.1 Å². The van der Waals surface area contributed by atoms with Gasteiger partial charge >= 0.3 is 6.03 Å². The third-order valence-corrected chi connectivity index (χ3v) is 3.09. The van der Waals surface area contributed by atoms with E-state index in [2.05, 4.69) is 0 Å². The summed E-state index contributed by atoms with van der Waals surface area (Å²) in [5.41, 5.74) is 1.09. The lowest BCUT2D eigenvalue weighted by molar-refractivity contribution is -0.125. The molecule has 0 aliphatic carbocycles. The number of likely N-dealkylation sites (N-methyl/N-ethyl adjacent to an activating group) is 1. The monoisotopic (exact) mass is 263 g/mol. The van der Waals surface area contributed by atoms with Crippen LogP contribution in [-0.4, -0.2) is 35.3 Å². The standard InChI is InChI=1S/C12H10ClN3O2/c1-15-7-11(17)16(12(15)18)6-9-3-2-8(5-14)4-10(9)13/h2-4H,6-7H2,1H3. The third kappa shape index (κ3) is 2.15. The number of halogens is 1. The lowest BCUT2D eigenvalue weighted by Gasteiger charge is -2.15. The average molecular weight is 264 g/mol. The molecule has 1 saturated heterocycles. The Morgan fingerprint density at radius 3 is 2.67 bits per heavy atom. The first kappa shape index (κ1) is 12.4. The highest BCUT2D eigenvalue weighted by Crippen LogP contribution is 2.21. The van der Waals surface area contributed by atoms with Crippen molar-refractivity contribution in [3.8, 4) is 6.07 Å². The maximum absolute atomic E-state index is 11.7. The number of imide groups is 1. The van der Waals surface area contributed by atoms with Gasteiger partial charge in [-0.25, -0.2) is 4.79 Å². The minimum absolute atomic E-state index is 0.0900. The molecule has 0 saturated carbocycles. The predicted molar refractivity (Wildman–Crippen MR) is 64.7 cm³/mol. The Hall–Kier alpha value is -2.06. The van der Waals surface area contributed by atoms with Crippen LogP contribution in [0.1, 0.15) is 11.1 Å². The first-order valence-electron chi connectivity index (χ1n) is 5.27. The number of benzene rings is 1. The summed E-state index contributed by atoms with van der Waals surface area (Å²) in [5.74, 6) is -0.247. The second-order valence-corrected chi connectivity index (χ2v) is 4.44. The summed E-state index contributed by atoms with van der Waals surface area (Å²) >= 11 is 6.00. The van der Waals surface area contributed by atoms with Crippen LogP contribution in [-0.2, 0) is 11.3 Å². The molecule has 18 heavy (non-hydrogen) atoms. The molecule has 0 atom stereocenters. The fourth-order valence-electron chi connectivity index (χ4n) is 1.74. The number of carbonyl (C=O) groups is 2. The Labute approximate surface area is 109 Å². The van der Waals surface area contributed by atoms with Gasteiger partial charge in [0.15, 0.2) is 0 Å². The van der Waals surface area contributed by atoms with Crippen LogP contribution in [0.4, 0.5) is 4.79 Å². The van der Waals surface area contributed by atoms with Crippen molar-refractivity contribution in [2.75, 3.05) is 13.6 Å². The lowest BCUT2D eigenvalue weighted by atomic mass is 10.1. The van der Waals surface area contributed by atoms with Crippen LogP contribution in [0.5, 0.6) is 0 Å². The minimum atomic E-state index is -0.333. The third-order valence-electron chi connectivity index (χ3n) is 2.74. The molecule has 1 aromatic carbocycles. The van der Waals surface area contributed by atoms with Gasteiger partial charge in [-0.15, -0.1) is 0 Å². The van der Waals surface area contributed by atoms with Gasteiger partial charge in [-0.05, 0) is 17.7 Å². The van der Waals surface area contributed by atoms with E-state index >= 15 is 0 Å². The molecule has 0 aromatic heterocycles. The summed E-state index contributed by atoms with van der Waals surface area (Å²) in [6, 6.07) is 6.42. The molecule has 92 valence electrons. The molecule has 1 heterocycles.